The summed E-state index contributed by atoms with van der Waals surface area (Å²) in [6.45, 7) is 1.92. The minimum absolute atomic E-state index is 0.102. The van der Waals surface area contributed by atoms with Gasteiger partial charge < -0.3 is 9.47 Å². The van der Waals surface area contributed by atoms with Crippen molar-refractivity contribution in [3.8, 4) is 5.75 Å². The van der Waals surface area contributed by atoms with Crippen LogP contribution in [0.2, 0.25) is 0 Å². The Morgan fingerprint density at radius 3 is 2.30 bits per heavy atom. The average molecular weight is 276 g/mol. The third-order valence-electron chi connectivity index (χ3n) is 3.01. The van der Waals surface area contributed by atoms with Crippen LogP contribution in [0.15, 0.2) is 34.5 Å². The fourth-order valence-corrected chi connectivity index (χ4v) is 1.98. The van der Waals surface area contributed by atoms with Gasteiger partial charge in [-0.25, -0.2) is 9.59 Å². The van der Waals surface area contributed by atoms with E-state index in [1.807, 2.05) is 6.92 Å². The Labute approximate surface area is 116 Å². The van der Waals surface area contributed by atoms with Crippen molar-refractivity contribution in [2.75, 3.05) is 0 Å². The summed E-state index contributed by atoms with van der Waals surface area (Å²) in [6, 6.07) is 6.88. The van der Waals surface area contributed by atoms with Crippen LogP contribution in [0.4, 0.5) is 9.59 Å². The number of carbonyl (C=O) groups excluding carboxylic acids is 2. The molecule has 1 aromatic rings. The predicted octanol–water partition coefficient (Wildman–Crippen LogP) is 4.03. The first-order valence-corrected chi connectivity index (χ1v) is 6.54. The van der Waals surface area contributed by atoms with Gasteiger partial charge in [-0.3, -0.25) is 0 Å². The summed E-state index contributed by atoms with van der Waals surface area (Å²) in [6.07, 6.45) is 1.88. The number of benzene rings is 1. The van der Waals surface area contributed by atoms with E-state index < -0.39 is 12.2 Å². The molecule has 0 spiro atoms. The van der Waals surface area contributed by atoms with E-state index in [0.717, 1.165) is 31.2 Å². The van der Waals surface area contributed by atoms with Gasteiger partial charge in [0, 0.05) is 0 Å². The largest absolute Gasteiger partial charge is 0.458 e. The maximum absolute atomic E-state index is 11.3. The first-order chi connectivity index (χ1) is 9.63. The van der Waals surface area contributed by atoms with E-state index in [1.165, 1.54) is 0 Å². The van der Waals surface area contributed by atoms with Gasteiger partial charge in [0.1, 0.15) is 11.9 Å². The van der Waals surface area contributed by atoms with Crippen molar-refractivity contribution in [2.45, 2.75) is 38.7 Å². The van der Waals surface area contributed by atoms with Gasteiger partial charge in [-0.05, 0) is 44.7 Å². The van der Waals surface area contributed by atoms with Crippen LogP contribution in [0.25, 0.3) is 0 Å². The lowest BCUT2D eigenvalue weighted by Gasteiger charge is -2.06. The van der Waals surface area contributed by atoms with E-state index >= 15 is 0 Å². The van der Waals surface area contributed by atoms with Crippen LogP contribution in [0.3, 0.4) is 0 Å². The molecule has 0 unspecified atom stereocenters. The van der Waals surface area contributed by atoms with Gasteiger partial charge in [0.25, 0.3) is 0 Å². The molecule has 0 aliphatic heterocycles. The van der Waals surface area contributed by atoms with Gasteiger partial charge in [-0.15, -0.1) is 0 Å². The van der Waals surface area contributed by atoms with Crippen LogP contribution in [-0.4, -0.2) is 18.3 Å². The van der Waals surface area contributed by atoms with E-state index in [1.54, 1.807) is 24.3 Å². The highest BCUT2D eigenvalue weighted by atomic mass is 16.6. The van der Waals surface area contributed by atoms with Crippen LogP contribution in [0.1, 0.15) is 31.2 Å². The summed E-state index contributed by atoms with van der Waals surface area (Å²) in [5.74, 6) is 0.351. The molecule has 0 aromatic heterocycles. The zero-order valence-corrected chi connectivity index (χ0v) is 11.2. The van der Waals surface area contributed by atoms with Gasteiger partial charge in [0.15, 0.2) is 0 Å². The molecule has 1 aromatic carbocycles. The Kier molecular flexibility index (Phi) is 4.81. The highest BCUT2D eigenvalue weighted by molar-refractivity contribution is 5.74. The second kappa shape index (κ2) is 6.79. The summed E-state index contributed by atoms with van der Waals surface area (Å²) in [5, 5.41) is 6.36. The molecular weight excluding hydrogens is 260 g/mol. The van der Waals surface area contributed by atoms with Crippen molar-refractivity contribution in [3.05, 3.63) is 29.8 Å². The molecule has 6 heteroatoms. The number of hydrogen-bond acceptors (Lipinski definition) is 4. The molecule has 2 rings (SSSR count). The SMILES string of the molecule is Cc1ccc(OC(=O)N=NC(=O)OC2CCCC2)cc1. The number of amides is 2. The second-order valence-electron chi connectivity index (χ2n) is 4.67. The summed E-state index contributed by atoms with van der Waals surface area (Å²) >= 11 is 0. The normalized spacial score (nSPS) is 15.4. The first kappa shape index (κ1) is 14.2. The minimum Gasteiger partial charge on any atom is -0.444 e. The Morgan fingerprint density at radius 1 is 1.05 bits per heavy atom. The van der Waals surface area contributed by atoms with Crippen LogP contribution >= 0.6 is 0 Å². The summed E-state index contributed by atoms with van der Waals surface area (Å²) in [4.78, 5) is 22.7. The van der Waals surface area contributed by atoms with Gasteiger partial charge in [0.05, 0.1) is 0 Å². The lowest BCUT2D eigenvalue weighted by atomic mass is 10.2. The van der Waals surface area contributed by atoms with Gasteiger partial charge in [-0.1, -0.05) is 27.9 Å². The number of ether oxygens (including phenoxy) is 2. The van der Waals surface area contributed by atoms with E-state index in [0.29, 0.717) is 5.75 Å². The fraction of sp³-hybridized carbons (Fsp3) is 0.429. The van der Waals surface area contributed by atoms with Crippen LogP contribution in [0.5, 0.6) is 5.75 Å². The quantitative estimate of drug-likeness (QED) is 0.764. The molecule has 1 aliphatic carbocycles. The van der Waals surface area contributed by atoms with Crippen molar-refractivity contribution in [1.29, 1.82) is 0 Å². The Balaban J connectivity index is 1.79. The molecule has 0 N–H and O–H groups in total. The van der Waals surface area contributed by atoms with Gasteiger partial charge >= 0.3 is 12.2 Å². The average Bonchev–Trinajstić information content (AvgIpc) is 2.92. The third kappa shape index (κ3) is 4.46. The number of rotatable bonds is 2. The van der Waals surface area contributed by atoms with Crippen LogP contribution in [-0.2, 0) is 4.74 Å². The van der Waals surface area contributed by atoms with E-state index in [-0.39, 0.29) is 6.10 Å². The zero-order valence-electron chi connectivity index (χ0n) is 11.2. The monoisotopic (exact) mass is 276 g/mol. The minimum atomic E-state index is -0.947. The molecule has 0 radical (unpaired) electrons. The summed E-state index contributed by atoms with van der Waals surface area (Å²) in [7, 11) is 0. The number of azo groups is 1. The smallest absolute Gasteiger partial charge is 0.444 e. The molecule has 20 heavy (non-hydrogen) atoms. The standard InChI is InChI=1S/C14H16N2O4/c1-10-6-8-12(9-7-10)20-14(18)16-15-13(17)19-11-4-2-3-5-11/h6-9,11H,2-5H2,1H3. The fourth-order valence-electron chi connectivity index (χ4n) is 1.98. The van der Waals surface area contributed by atoms with Crippen molar-refractivity contribution < 1.29 is 19.1 Å². The van der Waals surface area contributed by atoms with E-state index in [4.69, 9.17) is 9.47 Å². The number of nitrogens with zero attached hydrogens (tertiary/aromatic N) is 2. The maximum Gasteiger partial charge on any atom is 0.458 e. The highest BCUT2D eigenvalue weighted by Gasteiger charge is 2.19. The molecular formula is C14H16N2O4. The number of aryl methyl sites for hydroxylation is 1. The highest BCUT2D eigenvalue weighted by Crippen LogP contribution is 2.21. The van der Waals surface area contributed by atoms with Crippen LogP contribution in [0, 0.1) is 6.92 Å². The van der Waals surface area contributed by atoms with Crippen molar-refractivity contribution in [1.82, 2.24) is 0 Å². The summed E-state index contributed by atoms with van der Waals surface area (Å²) < 4.78 is 9.90. The Bertz CT molecular complexity index is 504. The molecule has 0 heterocycles. The van der Waals surface area contributed by atoms with Crippen molar-refractivity contribution in [3.63, 3.8) is 0 Å². The lowest BCUT2D eigenvalue weighted by Crippen LogP contribution is -2.11. The molecule has 0 atom stereocenters. The Hall–Kier alpha value is -2.24. The third-order valence-corrected chi connectivity index (χ3v) is 3.01. The molecule has 2 amide bonds. The topological polar surface area (TPSA) is 77.3 Å². The second-order valence-corrected chi connectivity index (χ2v) is 4.67. The molecule has 1 aliphatic rings. The van der Waals surface area contributed by atoms with Crippen molar-refractivity contribution in [2.24, 2.45) is 10.2 Å². The number of carbonyl (C=O) groups is 2. The van der Waals surface area contributed by atoms with Gasteiger partial charge in [0.2, 0.25) is 0 Å². The lowest BCUT2D eigenvalue weighted by molar-refractivity contribution is 0.108. The van der Waals surface area contributed by atoms with Crippen molar-refractivity contribution >= 4 is 12.2 Å². The first-order valence-electron chi connectivity index (χ1n) is 6.54. The van der Waals surface area contributed by atoms with E-state index in [2.05, 4.69) is 10.2 Å². The molecule has 6 nitrogen and oxygen atoms in total. The van der Waals surface area contributed by atoms with Gasteiger partial charge in [-0.2, -0.15) is 0 Å². The zero-order chi connectivity index (χ0) is 14.4. The number of hydrogen-bond donors (Lipinski definition) is 0. The maximum atomic E-state index is 11.3. The molecule has 0 saturated heterocycles. The van der Waals surface area contributed by atoms with E-state index in [9.17, 15) is 9.59 Å². The molecule has 1 saturated carbocycles. The predicted molar refractivity (Wildman–Crippen MR) is 70.8 cm³/mol. The Morgan fingerprint density at radius 2 is 1.65 bits per heavy atom. The molecule has 1 fully saturated rings. The molecule has 0 bridgehead atoms. The van der Waals surface area contributed by atoms with Crippen LogP contribution < -0.4 is 4.74 Å². The summed E-state index contributed by atoms with van der Waals surface area (Å²) in [5.41, 5.74) is 1.05. The molecule has 106 valence electrons.